The molecular formula is C17H15NO3. The summed E-state index contributed by atoms with van der Waals surface area (Å²) in [5.74, 6) is 1.03. The van der Waals surface area contributed by atoms with Gasteiger partial charge >= 0.3 is 0 Å². The van der Waals surface area contributed by atoms with Gasteiger partial charge in [-0.3, -0.25) is 4.79 Å². The van der Waals surface area contributed by atoms with Gasteiger partial charge in [-0.25, -0.2) is 0 Å². The maximum Gasteiger partial charge on any atom is 0.163 e. The van der Waals surface area contributed by atoms with Gasteiger partial charge in [0, 0.05) is 6.07 Å². The molecule has 0 aliphatic rings. The van der Waals surface area contributed by atoms with Crippen LogP contribution in [0.1, 0.15) is 28.4 Å². The van der Waals surface area contributed by atoms with Crippen molar-refractivity contribution < 1.29 is 14.3 Å². The highest BCUT2D eigenvalue weighted by molar-refractivity contribution is 5.97. The fraction of sp³-hybridized carbons (Fsp3) is 0.176. The van der Waals surface area contributed by atoms with E-state index in [-0.39, 0.29) is 12.4 Å². The number of benzene rings is 2. The molecule has 106 valence electrons. The van der Waals surface area contributed by atoms with Crippen LogP contribution in [0.5, 0.6) is 11.5 Å². The first-order chi connectivity index (χ1) is 10.1. The third-order valence-corrected chi connectivity index (χ3v) is 3.02. The number of nitrogens with zero attached hydrogens (tertiary/aromatic N) is 1. The summed E-state index contributed by atoms with van der Waals surface area (Å²) in [5.41, 5.74) is 1.95. The minimum atomic E-state index is -0.0709. The van der Waals surface area contributed by atoms with E-state index in [1.807, 2.05) is 6.07 Å². The molecule has 4 heteroatoms. The Morgan fingerprint density at radius 1 is 1.24 bits per heavy atom. The van der Waals surface area contributed by atoms with E-state index in [9.17, 15) is 4.79 Å². The molecule has 0 unspecified atom stereocenters. The van der Waals surface area contributed by atoms with Crippen LogP contribution in [0.3, 0.4) is 0 Å². The van der Waals surface area contributed by atoms with E-state index in [4.69, 9.17) is 14.7 Å². The van der Waals surface area contributed by atoms with Crippen LogP contribution in [0.25, 0.3) is 0 Å². The molecule has 0 saturated heterocycles. The lowest BCUT2D eigenvalue weighted by Crippen LogP contribution is -2.02. The lowest BCUT2D eigenvalue weighted by molar-refractivity contribution is 0.101. The maximum absolute atomic E-state index is 11.6. The van der Waals surface area contributed by atoms with E-state index < -0.39 is 0 Å². The van der Waals surface area contributed by atoms with Crippen molar-refractivity contribution >= 4 is 5.78 Å². The van der Waals surface area contributed by atoms with Crippen molar-refractivity contribution in [1.82, 2.24) is 0 Å². The molecule has 0 saturated carbocycles. The number of Topliss-reactive ketones (excluding diaryl/α,β-unsaturated/α-hetero) is 1. The third kappa shape index (κ3) is 3.61. The Balaban J connectivity index is 2.22. The summed E-state index contributed by atoms with van der Waals surface area (Å²) in [6.07, 6.45) is 0. The highest BCUT2D eigenvalue weighted by atomic mass is 16.5. The highest BCUT2D eigenvalue weighted by Crippen LogP contribution is 2.26. The van der Waals surface area contributed by atoms with E-state index in [0.29, 0.717) is 22.6 Å². The van der Waals surface area contributed by atoms with Crippen LogP contribution in [0.4, 0.5) is 0 Å². The second-order valence-electron chi connectivity index (χ2n) is 4.52. The van der Waals surface area contributed by atoms with Crippen LogP contribution in [-0.4, -0.2) is 12.9 Å². The molecule has 0 radical (unpaired) electrons. The summed E-state index contributed by atoms with van der Waals surface area (Å²) < 4.78 is 10.9. The van der Waals surface area contributed by atoms with Crippen LogP contribution in [0, 0.1) is 11.3 Å². The minimum Gasteiger partial charge on any atom is -0.497 e. The molecule has 2 aromatic rings. The fourth-order valence-electron chi connectivity index (χ4n) is 1.93. The van der Waals surface area contributed by atoms with Gasteiger partial charge in [-0.05, 0) is 36.8 Å². The zero-order valence-corrected chi connectivity index (χ0v) is 11.9. The van der Waals surface area contributed by atoms with Crippen LogP contribution in [-0.2, 0) is 6.61 Å². The molecule has 0 spiro atoms. The summed E-state index contributed by atoms with van der Waals surface area (Å²) in [6, 6.07) is 14.3. The van der Waals surface area contributed by atoms with Gasteiger partial charge < -0.3 is 9.47 Å². The molecular weight excluding hydrogens is 266 g/mol. The van der Waals surface area contributed by atoms with Gasteiger partial charge in [-0.15, -0.1) is 0 Å². The number of hydrogen-bond donors (Lipinski definition) is 0. The highest BCUT2D eigenvalue weighted by Gasteiger charge is 2.10. The SMILES string of the molecule is COc1ccc(C(C)=O)c(OCc2cccc(C#N)c2)c1. The molecule has 4 nitrogen and oxygen atoms in total. The largest absolute Gasteiger partial charge is 0.497 e. The van der Waals surface area contributed by atoms with Crippen LogP contribution < -0.4 is 9.47 Å². The first kappa shape index (κ1) is 14.6. The van der Waals surface area contributed by atoms with Crippen molar-refractivity contribution in [3.63, 3.8) is 0 Å². The Bertz CT molecular complexity index is 701. The number of ether oxygens (including phenoxy) is 2. The third-order valence-electron chi connectivity index (χ3n) is 3.02. The van der Waals surface area contributed by atoms with Crippen molar-refractivity contribution in [2.75, 3.05) is 7.11 Å². The second-order valence-corrected chi connectivity index (χ2v) is 4.52. The van der Waals surface area contributed by atoms with E-state index in [0.717, 1.165) is 5.56 Å². The van der Waals surface area contributed by atoms with Crippen molar-refractivity contribution in [3.05, 3.63) is 59.2 Å². The van der Waals surface area contributed by atoms with Gasteiger partial charge in [0.25, 0.3) is 0 Å². The Morgan fingerprint density at radius 3 is 2.71 bits per heavy atom. The molecule has 0 heterocycles. The summed E-state index contributed by atoms with van der Waals surface area (Å²) >= 11 is 0. The number of rotatable bonds is 5. The zero-order chi connectivity index (χ0) is 15.2. The monoisotopic (exact) mass is 281 g/mol. The molecule has 2 aromatic carbocycles. The van der Waals surface area contributed by atoms with Crippen molar-refractivity contribution in [2.45, 2.75) is 13.5 Å². The van der Waals surface area contributed by atoms with E-state index in [1.54, 1.807) is 43.5 Å². The standard InChI is InChI=1S/C17H15NO3/c1-12(19)16-7-6-15(20-2)9-17(16)21-11-14-5-3-4-13(8-14)10-18/h3-9H,11H2,1-2H3. The van der Waals surface area contributed by atoms with Gasteiger partial charge in [0.1, 0.15) is 18.1 Å². The number of methoxy groups -OCH3 is 1. The summed E-state index contributed by atoms with van der Waals surface area (Å²) in [5, 5.41) is 8.88. The molecule has 0 aliphatic heterocycles. The minimum absolute atomic E-state index is 0.0709. The molecule has 2 rings (SSSR count). The molecule has 21 heavy (non-hydrogen) atoms. The Morgan fingerprint density at radius 2 is 2.05 bits per heavy atom. The Hall–Kier alpha value is -2.80. The Labute approximate surface area is 123 Å². The van der Waals surface area contributed by atoms with Gasteiger partial charge in [0.2, 0.25) is 0 Å². The molecule has 0 aliphatic carbocycles. The van der Waals surface area contributed by atoms with Gasteiger partial charge in [-0.1, -0.05) is 12.1 Å². The number of carbonyl (C=O) groups excluding carboxylic acids is 1. The van der Waals surface area contributed by atoms with E-state index in [2.05, 4.69) is 6.07 Å². The number of carbonyl (C=O) groups is 1. The Kier molecular flexibility index (Phi) is 4.57. The van der Waals surface area contributed by atoms with Crippen molar-refractivity contribution in [2.24, 2.45) is 0 Å². The fourth-order valence-corrected chi connectivity index (χ4v) is 1.93. The lowest BCUT2D eigenvalue weighted by atomic mass is 10.1. The van der Waals surface area contributed by atoms with Gasteiger partial charge in [0.05, 0.1) is 24.3 Å². The number of hydrogen-bond acceptors (Lipinski definition) is 4. The summed E-state index contributed by atoms with van der Waals surface area (Å²) in [7, 11) is 1.56. The van der Waals surface area contributed by atoms with Gasteiger partial charge in [-0.2, -0.15) is 5.26 Å². The smallest absolute Gasteiger partial charge is 0.163 e. The average Bonchev–Trinajstić information content (AvgIpc) is 2.52. The molecule has 0 N–H and O–H groups in total. The normalized spacial score (nSPS) is 9.76. The van der Waals surface area contributed by atoms with Crippen molar-refractivity contribution in [3.8, 4) is 17.6 Å². The summed E-state index contributed by atoms with van der Waals surface area (Å²) in [4.78, 5) is 11.6. The van der Waals surface area contributed by atoms with Crippen LogP contribution in [0.15, 0.2) is 42.5 Å². The number of nitriles is 1. The second kappa shape index (κ2) is 6.58. The summed E-state index contributed by atoms with van der Waals surface area (Å²) in [6.45, 7) is 1.77. The molecule has 0 aromatic heterocycles. The van der Waals surface area contributed by atoms with E-state index >= 15 is 0 Å². The first-order valence-corrected chi connectivity index (χ1v) is 6.45. The average molecular weight is 281 g/mol. The van der Waals surface area contributed by atoms with Crippen LogP contribution >= 0.6 is 0 Å². The topological polar surface area (TPSA) is 59.3 Å². The maximum atomic E-state index is 11.6. The number of ketones is 1. The predicted molar refractivity (Wildman–Crippen MR) is 78.5 cm³/mol. The molecule has 0 amide bonds. The first-order valence-electron chi connectivity index (χ1n) is 6.45. The van der Waals surface area contributed by atoms with E-state index in [1.165, 1.54) is 6.92 Å². The molecule has 0 atom stereocenters. The van der Waals surface area contributed by atoms with Gasteiger partial charge in [0.15, 0.2) is 5.78 Å². The quantitative estimate of drug-likeness (QED) is 0.788. The lowest BCUT2D eigenvalue weighted by Gasteiger charge is -2.11. The zero-order valence-electron chi connectivity index (χ0n) is 11.9. The molecule has 0 bridgehead atoms. The van der Waals surface area contributed by atoms with Crippen molar-refractivity contribution in [1.29, 1.82) is 5.26 Å². The van der Waals surface area contributed by atoms with Crippen LogP contribution in [0.2, 0.25) is 0 Å². The molecule has 0 fully saturated rings. The predicted octanol–water partition coefficient (Wildman–Crippen LogP) is 3.35.